The van der Waals surface area contributed by atoms with Crippen molar-refractivity contribution in [2.24, 2.45) is 0 Å². The van der Waals surface area contributed by atoms with Crippen LogP contribution in [0.4, 0.5) is 19.4 Å². The number of phenols is 1. The molecule has 260 valence electrons. The van der Waals surface area contributed by atoms with E-state index < -0.39 is 11.6 Å². The highest BCUT2D eigenvalue weighted by Crippen LogP contribution is 2.44. The number of aromatic hydroxyl groups is 1. The molecule has 2 aromatic carbocycles. The SMILES string of the molecule is C#Cc1c(F)ccc2cc(O)cc(-c3ncc4c(N5CC6CCC(C5)N6)nc(OC[C@]56CCCN5C(COC(=O)N(C)C)CC6)nc4c3F)c12. The van der Waals surface area contributed by atoms with Gasteiger partial charge in [-0.3, -0.25) is 9.88 Å². The number of hydrogen-bond donors (Lipinski definition) is 2. The summed E-state index contributed by atoms with van der Waals surface area (Å²) in [6.45, 7) is 2.85. The number of nitrogens with zero attached hydrogens (tertiary/aromatic N) is 6. The summed E-state index contributed by atoms with van der Waals surface area (Å²) >= 11 is 0. The molecule has 6 heterocycles. The number of amides is 1. The van der Waals surface area contributed by atoms with Crippen LogP contribution < -0.4 is 15.0 Å². The predicted octanol–water partition coefficient (Wildman–Crippen LogP) is 4.82. The molecule has 1 amide bonds. The van der Waals surface area contributed by atoms with Gasteiger partial charge in [-0.2, -0.15) is 9.97 Å². The van der Waals surface area contributed by atoms with Crippen molar-refractivity contribution >= 4 is 33.6 Å². The summed E-state index contributed by atoms with van der Waals surface area (Å²) in [5.41, 5.74) is -0.282. The first-order valence-corrected chi connectivity index (χ1v) is 17.2. The number of carbonyl (C=O) groups excluding carboxylic acids is 1. The third-order valence-electron chi connectivity index (χ3n) is 10.9. The Bertz CT molecular complexity index is 2040. The van der Waals surface area contributed by atoms with Crippen molar-refractivity contribution in [3.05, 3.63) is 47.7 Å². The Morgan fingerprint density at radius 2 is 1.96 bits per heavy atom. The Hall–Kier alpha value is -4.80. The van der Waals surface area contributed by atoms with Crippen molar-refractivity contribution in [1.29, 1.82) is 0 Å². The highest BCUT2D eigenvalue weighted by Gasteiger charge is 2.50. The quantitative estimate of drug-likeness (QED) is 0.263. The van der Waals surface area contributed by atoms with E-state index in [2.05, 4.69) is 31.0 Å². The number of nitrogens with one attached hydrogen (secondary N) is 1. The number of ether oxygens (including phenoxy) is 2. The van der Waals surface area contributed by atoms with E-state index in [1.807, 2.05) is 0 Å². The molecule has 2 bridgehead atoms. The fraction of sp³-hybridized carbons (Fsp3) is 0.459. The molecule has 4 aliphatic heterocycles. The van der Waals surface area contributed by atoms with E-state index in [9.17, 15) is 14.3 Å². The summed E-state index contributed by atoms with van der Waals surface area (Å²) in [4.78, 5) is 32.1. The molecule has 50 heavy (non-hydrogen) atoms. The molecule has 3 unspecified atom stereocenters. The van der Waals surface area contributed by atoms with Crippen molar-refractivity contribution in [3.63, 3.8) is 0 Å². The topological polar surface area (TPSA) is 116 Å². The Labute approximate surface area is 288 Å². The second kappa shape index (κ2) is 12.5. The number of anilines is 1. The van der Waals surface area contributed by atoms with Gasteiger partial charge in [-0.05, 0) is 68.7 Å². The molecule has 8 rings (SSSR count). The molecule has 0 saturated carbocycles. The van der Waals surface area contributed by atoms with Crippen LogP contribution in [-0.4, -0.2) is 107 Å². The van der Waals surface area contributed by atoms with E-state index >= 15 is 4.39 Å². The summed E-state index contributed by atoms with van der Waals surface area (Å²) in [5.74, 6) is 1.40. The van der Waals surface area contributed by atoms with Crippen LogP contribution in [0.5, 0.6) is 11.8 Å². The Morgan fingerprint density at radius 1 is 1.16 bits per heavy atom. The molecule has 0 aliphatic carbocycles. The number of piperazine rings is 1. The number of terminal acetylenes is 1. The van der Waals surface area contributed by atoms with Crippen LogP contribution in [0.15, 0.2) is 30.5 Å². The fourth-order valence-corrected chi connectivity index (χ4v) is 8.52. The van der Waals surface area contributed by atoms with Crippen LogP contribution in [-0.2, 0) is 4.74 Å². The van der Waals surface area contributed by atoms with E-state index in [4.69, 9.17) is 20.9 Å². The smallest absolute Gasteiger partial charge is 0.409 e. The molecule has 4 saturated heterocycles. The predicted molar refractivity (Wildman–Crippen MR) is 184 cm³/mol. The van der Waals surface area contributed by atoms with Gasteiger partial charge in [0, 0.05) is 62.5 Å². The third kappa shape index (κ3) is 5.51. The lowest BCUT2D eigenvalue weighted by atomic mass is 9.95. The second-order valence-electron chi connectivity index (χ2n) is 14.2. The Balaban J connectivity index is 1.18. The van der Waals surface area contributed by atoms with Gasteiger partial charge < -0.3 is 29.7 Å². The number of fused-ring (bicyclic) bond motifs is 5. The summed E-state index contributed by atoms with van der Waals surface area (Å²) in [7, 11) is 3.33. The monoisotopic (exact) mass is 683 g/mol. The zero-order valence-corrected chi connectivity index (χ0v) is 28.1. The van der Waals surface area contributed by atoms with Gasteiger partial charge in [-0.25, -0.2) is 13.6 Å². The normalized spacial score (nSPS) is 24.5. The van der Waals surface area contributed by atoms with Gasteiger partial charge in [0.25, 0.3) is 0 Å². The summed E-state index contributed by atoms with van der Waals surface area (Å²) in [5, 5.41) is 15.4. The number of pyridine rings is 1. The van der Waals surface area contributed by atoms with E-state index in [1.165, 1.54) is 35.4 Å². The number of carbonyl (C=O) groups is 1. The lowest BCUT2D eigenvalue weighted by Crippen LogP contribution is -2.51. The summed E-state index contributed by atoms with van der Waals surface area (Å²) in [6, 6.07) is 6.22. The van der Waals surface area contributed by atoms with Crippen molar-refractivity contribution in [3.8, 4) is 35.4 Å². The van der Waals surface area contributed by atoms with Crippen LogP contribution in [0.1, 0.15) is 44.1 Å². The molecular weight excluding hydrogens is 644 g/mol. The molecule has 4 aromatic rings. The van der Waals surface area contributed by atoms with Gasteiger partial charge in [-0.15, -0.1) is 6.42 Å². The molecule has 2 aromatic heterocycles. The van der Waals surface area contributed by atoms with Gasteiger partial charge in [0.1, 0.15) is 41.8 Å². The molecule has 0 radical (unpaired) electrons. The van der Waals surface area contributed by atoms with E-state index in [0.717, 1.165) is 45.1 Å². The second-order valence-corrected chi connectivity index (χ2v) is 14.2. The minimum atomic E-state index is -0.752. The molecular formula is C37H39F2N7O4. The molecule has 2 N–H and O–H groups in total. The first-order chi connectivity index (χ1) is 24.1. The van der Waals surface area contributed by atoms with Crippen LogP contribution in [0.3, 0.4) is 0 Å². The molecule has 4 atom stereocenters. The largest absolute Gasteiger partial charge is 0.508 e. The van der Waals surface area contributed by atoms with Crippen molar-refractivity contribution < 1.29 is 28.2 Å². The minimum Gasteiger partial charge on any atom is -0.508 e. The number of rotatable bonds is 7. The minimum absolute atomic E-state index is 0.0108. The maximum absolute atomic E-state index is 16.9. The number of hydrogen-bond acceptors (Lipinski definition) is 10. The van der Waals surface area contributed by atoms with Crippen LogP contribution >= 0.6 is 0 Å². The lowest BCUT2D eigenvalue weighted by Gasteiger charge is -2.35. The summed E-state index contributed by atoms with van der Waals surface area (Å²) in [6.07, 6.45) is 12.6. The standard InChI is InChI=1S/C37H39F2N7O4/c1-4-26-29(38)9-6-21-14-25(47)15-27(30(21)26)32-31(39)33-28(16-40-32)34(45-17-22-7-8-23(18-45)41-22)43-35(42-33)50-20-37-11-5-13-46(37)24(10-12-37)19-49-36(48)44(2)3/h1,6,9,14-16,22-24,41,47H,5,7-8,10-13,17-20H2,2-3H3/t22?,23?,24?,37-/m1/s1. The lowest BCUT2D eigenvalue weighted by molar-refractivity contribution is 0.0484. The molecule has 4 aliphatic rings. The van der Waals surface area contributed by atoms with Gasteiger partial charge in [0.2, 0.25) is 0 Å². The van der Waals surface area contributed by atoms with E-state index in [1.54, 1.807) is 14.1 Å². The van der Waals surface area contributed by atoms with Gasteiger partial charge >= 0.3 is 12.1 Å². The third-order valence-corrected chi connectivity index (χ3v) is 10.9. The fourth-order valence-electron chi connectivity index (χ4n) is 8.52. The molecule has 4 fully saturated rings. The number of aromatic nitrogens is 3. The summed E-state index contributed by atoms with van der Waals surface area (Å²) < 4.78 is 43.8. The maximum Gasteiger partial charge on any atom is 0.409 e. The Kier molecular flexibility index (Phi) is 8.11. The number of halogens is 2. The number of benzene rings is 2. The molecule has 13 heteroatoms. The first-order valence-electron chi connectivity index (χ1n) is 17.2. The van der Waals surface area contributed by atoms with Crippen molar-refractivity contribution in [1.82, 2.24) is 30.1 Å². The van der Waals surface area contributed by atoms with Crippen molar-refractivity contribution in [2.75, 3.05) is 51.8 Å². The van der Waals surface area contributed by atoms with Crippen molar-refractivity contribution in [2.45, 2.75) is 62.2 Å². The first kappa shape index (κ1) is 32.4. The molecule has 11 nitrogen and oxygen atoms in total. The highest BCUT2D eigenvalue weighted by molar-refractivity contribution is 6.03. The number of phenolic OH excluding ortho intramolecular Hbond substituents is 1. The van der Waals surface area contributed by atoms with Gasteiger partial charge in [0.05, 0.1) is 16.5 Å². The maximum atomic E-state index is 16.9. The average Bonchev–Trinajstić information content (AvgIpc) is 3.78. The van der Waals surface area contributed by atoms with E-state index in [0.29, 0.717) is 55.0 Å². The zero-order valence-electron chi connectivity index (χ0n) is 28.1. The molecule has 0 spiro atoms. The van der Waals surface area contributed by atoms with Crippen LogP contribution in [0.2, 0.25) is 0 Å². The van der Waals surface area contributed by atoms with Crippen LogP contribution in [0.25, 0.3) is 32.9 Å². The Morgan fingerprint density at radius 3 is 2.72 bits per heavy atom. The average molecular weight is 684 g/mol. The van der Waals surface area contributed by atoms with Crippen LogP contribution in [0, 0.1) is 24.0 Å². The van der Waals surface area contributed by atoms with Gasteiger partial charge in [-0.1, -0.05) is 12.0 Å². The van der Waals surface area contributed by atoms with E-state index in [-0.39, 0.29) is 57.2 Å². The van der Waals surface area contributed by atoms with Gasteiger partial charge in [0.15, 0.2) is 5.82 Å². The highest BCUT2D eigenvalue weighted by atomic mass is 19.1. The zero-order chi connectivity index (χ0) is 34.7.